The van der Waals surface area contributed by atoms with Crippen LogP contribution < -0.4 is 11.5 Å². The smallest absolute Gasteiger partial charge is 0.324 e. The Hall–Kier alpha value is -0.910. The van der Waals surface area contributed by atoms with Crippen LogP contribution in [0.25, 0.3) is 0 Å². The number of carbonyl (C=O) groups is 1. The summed E-state index contributed by atoms with van der Waals surface area (Å²) < 4.78 is 5.47. The molecule has 2 atom stereocenters. The third-order valence-electron chi connectivity index (χ3n) is 2.12. The first-order chi connectivity index (χ1) is 7.06. The van der Waals surface area contributed by atoms with Crippen molar-refractivity contribution in [1.29, 1.82) is 0 Å². The Morgan fingerprint density at radius 2 is 1.87 bits per heavy atom. The van der Waals surface area contributed by atoms with Crippen molar-refractivity contribution in [3.05, 3.63) is 34.3 Å². The van der Waals surface area contributed by atoms with Crippen LogP contribution in [0, 0.1) is 0 Å². The largest absolute Gasteiger partial charge is 0.468 e. The molecule has 5 heteroatoms. The molecule has 0 bridgehead atoms. The maximum Gasteiger partial charge on any atom is 0.324 e. The predicted octanol–water partition coefficient (Wildman–Crippen LogP) is 0.949. The van der Waals surface area contributed by atoms with Crippen molar-refractivity contribution < 1.29 is 9.53 Å². The summed E-state index contributed by atoms with van der Waals surface area (Å²) in [5.41, 5.74) is 12.3. The number of halogens is 1. The fourth-order valence-corrected chi connectivity index (χ4v) is 1.44. The number of ether oxygens (including phenoxy) is 1. The second-order valence-corrected chi connectivity index (χ2v) is 4.04. The lowest BCUT2D eigenvalue weighted by Crippen LogP contribution is -2.41. The molecule has 0 heterocycles. The van der Waals surface area contributed by atoms with Crippen LogP contribution >= 0.6 is 15.9 Å². The summed E-state index contributed by atoms with van der Waals surface area (Å²) in [7, 11) is 1.29. The van der Waals surface area contributed by atoms with Gasteiger partial charge in [0, 0.05) is 4.47 Å². The van der Waals surface area contributed by atoms with Crippen LogP contribution in [0.15, 0.2) is 28.7 Å². The number of rotatable bonds is 3. The van der Waals surface area contributed by atoms with E-state index in [0.717, 1.165) is 10.0 Å². The van der Waals surface area contributed by atoms with E-state index in [9.17, 15) is 4.79 Å². The molecule has 4 N–H and O–H groups in total. The second-order valence-electron chi connectivity index (χ2n) is 3.13. The zero-order chi connectivity index (χ0) is 11.4. The highest BCUT2D eigenvalue weighted by atomic mass is 79.9. The topological polar surface area (TPSA) is 78.3 Å². The van der Waals surface area contributed by atoms with Gasteiger partial charge in [0.2, 0.25) is 0 Å². The van der Waals surface area contributed by atoms with Crippen molar-refractivity contribution in [2.75, 3.05) is 7.11 Å². The molecule has 0 saturated carbocycles. The first-order valence-corrected chi connectivity index (χ1v) is 5.20. The van der Waals surface area contributed by atoms with Gasteiger partial charge in [-0.25, -0.2) is 0 Å². The van der Waals surface area contributed by atoms with E-state index < -0.39 is 18.1 Å². The molecule has 0 aliphatic rings. The molecule has 0 radical (unpaired) electrons. The first-order valence-electron chi connectivity index (χ1n) is 4.40. The van der Waals surface area contributed by atoms with Crippen molar-refractivity contribution in [2.45, 2.75) is 12.1 Å². The molecule has 1 aromatic carbocycles. The molecule has 1 rings (SSSR count). The third-order valence-corrected chi connectivity index (χ3v) is 2.64. The lowest BCUT2D eigenvalue weighted by atomic mass is 10.0. The lowest BCUT2D eigenvalue weighted by molar-refractivity contribution is -0.142. The lowest BCUT2D eigenvalue weighted by Gasteiger charge is -2.17. The monoisotopic (exact) mass is 272 g/mol. The standard InChI is InChI=1S/C10H13BrN2O2/c1-15-10(14)9(13)8(12)6-2-4-7(11)5-3-6/h2-5,8-9H,12-13H2,1H3/t8-,9+/m0/s1. The summed E-state index contributed by atoms with van der Waals surface area (Å²) in [6, 6.07) is 5.94. The number of nitrogens with two attached hydrogens (primary N) is 2. The zero-order valence-corrected chi connectivity index (χ0v) is 9.90. The SMILES string of the molecule is COC(=O)[C@H](N)[C@@H](N)c1ccc(Br)cc1. The molecule has 0 aliphatic carbocycles. The number of carbonyl (C=O) groups excluding carboxylic acids is 1. The van der Waals surface area contributed by atoms with E-state index >= 15 is 0 Å². The fraction of sp³-hybridized carbons (Fsp3) is 0.300. The second kappa shape index (κ2) is 5.25. The van der Waals surface area contributed by atoms with Gasteiger partial charge in [-0.2, -0.15) is 0 Å². The molecule has 15 heavy (non-hydrogen) atoms. The Kier molecular flexibility index (Phi) is 4.26. The van der Waals surface area contributed by atoms with E-state index in [1.165, 1.54) is 7.11 Å². The Labute approximate surface area is 96.7 Å². The molecule has 4 nitrogen and oxygen atoms in total. The van der Waals surface area contributed by atoms with Crippen LogP contribution in [-0.4, -0.2) is 19.1 Å². The Bertz CT molecular complexity index is 340. The number of methoxy groups -OCH3 is 1. The van der Waals surface area contributed by atoms with Gasteiger partial charge in [-0.05, 0) is 17.7 Å². The van der Waals surface area contributed by atoms with Crippen LogP contribution in [0.5, 0.6) is 0 Å². The Morgan fingerprint density at radius 3 is 2.33 bits per heavy atom. The molecule has 0 amide bonds. The van der Waals surface area contributed by atoms with E-state index in [1.54, 1.807) is 0 Å². The van der Waals surface area contributed by atoms with Gasteiger partial charge < -0.3 is 16.2 Å². The van der Waals surface area contributed by atoms with Crippen LogP contribution in [-0.2, 0) is 9.53 Å². The van der Waals surface area contributed by atoms with E-state index in [4.69, 9.17) is 11.5 Å². The van der Waals surface area contributed by atoms with E-state index in [0.29, 0.717) is 0 Å². The highest BCUT2D eigenvalue weighted by Gasteiger charge is 2.23. The summed E-state index contributed by atoms with van der Waals surface area (Å²) in [6.45, 7) is 0. The summed E-state index contributed by atoms with van der Waals surface area (Å²) in [5.74, 6) is -0.509. The van der Waals surface area contributed by atoms with Crippen LogP contribution in [0.1, 0.15) is 11.6 Å². The molecule has 1 aromatic rings. The first kappa shape index (κ1) is 12.2. The van der Waals surface area contributed by atoms with Gasteiger partial charge in [-0.3, -0.25) is 4.79 Å². The summed E-state index contributed by atoms with van der Waals surface area (Å²) in [4.78, 5) is 11.2. The van der Waals surface area contributed by atoms with Gasteiger partial charge in [0.05, 0.1) is 13.2 Å². The number of benzene rings is 1. The summed E-state index contributed by atoms with van der Waals surface area (Å²) in [5, 5.41) is 0. The number of hydrogen-bond donors (Lipinski definition) is 2. The molecule has 0 spiro atoms. The molecule has 0 aliphatic heterocycles. The number of hydrogen-bond acceptors (Lipinski definition) is 4. The van der Waals surface area contributed by atoms with Crippen molar-refractivity contribution in [3.63, 3.8) is 0 Å². The van der Waals surface area contributed by atoms with Crippen LogP contribution in [0.4, 0.5) is 0 Å². The average Bonchev–Trinajstić information content (AvgIpc) is 2.27. The fourth-order valence-electron chi connectivity index (χ4n) is 1.18. The molecule has 82 valence electrons. The number of esters is 1. The van der Waals surface area contributed by atoms with Crippen LogP contribution in [0.2, 0.25) is 0 Å². The van der Waals surface area contributed by atoms with Crippen molar-refractivity contribution >= 4 is 21.9 Å². The highest BCUT2D eigenvalue weighted by Crippen LogP contribution is 2.17. The van der Waals surface area contributed by atoms with E-state index in [-0.39, 0.29) is 0 Å². The van der Waals surface area contributed by atoms with Gasteiger partial charge in [0.1, 0.15) is 6.04 Å². The maximum absolute atomic E-state index is 11.2. The molecule has 0 aromatic heterocycles. The molecular weight excluding hydrogens is 260 g/mol. The van der Waals surface area contributed by atoms with Gasteiger partial charge in [-0.15, -0.1) is 0 Å². The quantitative estimate of drug-likeness (QED) is 0.804. The minimum atomic E-state index is -0.837. The van der Waals surface area contributed by atoms with Crippen LogP contribution in [0.3, 0.4) is 0 Å². The van der Waals surface area contributed by atoms with Crippen molar-refractivity contribution in [3.8, 4) is 0 Å². The summed E-state index contributed by atoms with van der Waals surface area (Å²) in [6.07, 6.45) is 0. The summed E-state index contributed by atoms with van der Waals surface area (Å²) >= 11 is 3.31. The molecule has 0 fully saturated rings. The normalized spacial score (nSPS) is 14.4. The minimum absolute atomic E-state index is 0.509. The highest BCUT2D eigenvalue weighted by molar-refractivity contribution is 9.10. The Balaban J connectivity index is 2.80. The third kappa shape index (κ3) is 3.02. The molecular formula is C10H13BrN2O2. The average molecular weight is 273 g/mol. The van der Waals surface area contributed by atoms with Crippen molar-refractivity contribution in [1.82, 2.24) is 0 Å². The zero-order valence-electron chi connectivity index (χ0n) is 8.31. The maximum atomic E-state index is 11.2. The van der Waals surface area contributed by atoms with Gasteiger partial charge in [0.25, 0.3) is 0 Å². The van der Waals surface area contributed by atoms with Gasteiger partial charge in [-0.1, -0.05) is 28.1 Å². The minimum Gasteiger partial charge on any atom is -0.468 e. The Morgan fingerprint density at radius 1 is 1.33 bits per heavy atom. The predicted molar refractivity (Wildman–Crippen MR) is 61.1 cm³/mol. The molecule has 0 unspecified atom stereocenters. The van der Waals surface area contributed by atoms with E-state index in [2.05, 4.69) is 20.7 Å². The van der Waals surface area contributed by atoms with Gasteiger partial charge in [0.15, 0.2) is 0 Å². The molecule has 0 saturated heterocycles. The van der Waals surface area contributed by atoms with Gasteiger partial charge >= 0.3 is 5.97 Å². The van der Waals surface area contributed by atoms with E-state index in [1.807, 2.05) is 24.3 Å². The van der Waals surface area contributed by atoms with Crippen molar-refractivity contribution in [2.24, 2.45) is 11.5 Å².